The van der Waals surface area contributed by atoms with E-state index in [1.165, 1.54) is 12.1 Å². The van der Waals surface area contributed by atoms with Crippen LogP contribution in [0.4, 0.5) is 13.2 Å². The van der Waals surface area contributed by atoms with Crippen molar-refractivity contribution in [3.05, 3.63) is 29.8 Å². The van der Waals surface area contributed by atoms with Crippen LogP contribution in [0.25, 0.3) is 0 Å². The monoisotopic (exact) mass is 330 g/mol. The van der Waals surface area contributed by atoms with E-state index in [-0.39, 0.29) is 24.3 Å². The summed E-state index contributed by atoms with van der Waals surface area (Å²) in [6.07, 6.45) is -1.50. The van der Waals surface area contributed by atoms with Gasteiger partial charge in [-0.15, -0.1) is 0 Å². The van der Waals surface area contributed by atoms with Crippen molar-refractivity contribution in [3.63, 3.8) is 0 Å². The fourth-order valence-corrected chi connectivity index (χ4v) is 2.88. The molecule has 0 aromatic heterocycles. The minimum absolute atomic E-state index is 0.0195. The van der Waals surface area contributed by atoms with Gasteiger partial charge in [-0.1, -0.05) is 6.42 Å². The highest BCUT2D eigenvalue weighted by atomic mass is 19.4. The molecular formula is C16H21F3N2O2. The maximum Gasteiger partial charge on any atom is 0.416 e. The predicted molar refractivity (Wildman–Crippen MR) is 79.8 cm³/mol. The lowest BCUT2D eigenvalue weighted by Crippen LogP contribution is -2.37. The van der Waals surface area contributed by atoms with Crippen molar-refractivity contribution in [1.82, 2.24) is 5.32 Å². The van der Waals surface area contributed by atoms with Crippen LogP contribution in [0.1, 0.15) is 24.8 Å². The van der Waals surface area contributed by atoms with Gasteiger partial charge in [-0.05, 0) is 49.6 Å². The molecule has 0 aliphatic heterocycles. The number of hydrogen-bond acceptors (Lipinski definition) is 3. The first kappa shape index (κ1) is 17.6. The Balaban J connectivity index is 1.72. The van der Waals surface area contributed by atoms with Crippen molar-refractivity contribution < 1.29 is 22.7 Å². The van der Waals surface area contributed by atoms with Gasteiger partial charge in [-0.3, -0.25) is 4.79 Å². The molecule has 2 atom stereocenters. The average Bonchev–Trinajstić information content (AvgIpc) is 2.99. The molecule has 0 radical (unpaired) electrons. The molecule has 0 heterocycles. The van der Waals surface area contributed by atoms with Crippen LogP contribution in [-0.2, 0) is 11.0 Å². The van der Waals surface area contributed by atoms with Gasteiger partial charge in [0.25, 0.3) is 0 Å². The number of halogens is 3. The summed E-state index contributed by atoms with van der Waals surface area (Å²) >= 11 is 0. The number of benzene rings is 1. The number of amides is 1. The van der Waals surface area contributed by atoms with Crippen molar-refractivity contribution in [2.24, 2.45) is 17.6 Å². The highest BCUT2D eigenvalue weighted by molar-refractivity contribution is 5.79. The van der Waals surface area contributed by atoms with Crippen LogP contribution in [0.5, 0.6) is 5.75 Å². The Morgan fingerprint density at radius 2 is 1.96 bits per heavy atom. The maximum absolute atomic E-state index is 12.4. The Kier molecular flexibility index (Phi) is 5.87. The van der Waals surface area contributed by atoms with Gasteiger partial charge in [0.15, 0.2) is 0 Å². The number of rotatable bonds is 6. The van der Waals surface area contributed by atoms with Gasteiger partial charge in [0, 0.05) is 5.92 Å². The van der Waals surface area contributed by atoms with Gasteiger partial charge in [0.05, 0.1) is 12.1 Å². The van der Waals surface area contributed by atoms with E-state index in [0.29, 0.717) is 18.8 Å². The molecule has 7 heteroatoms. The number of carbonyl (C=O) groups excluding carboxylic acids is 1. The molecule has 2 rings (SSSR count). The molecule has 1 fully saturated rings. The van der Waals surface area contributed by atoms with Gasteiger partial charge in [-0.25, -0.2) is 0 Å². The molecule has 4 nitrogen and oxygen atoms in total. The molecule has 0 saturated heterocycles. The molecule has 0 bridgehead atoms. The summed E-state index contributed by atoms with van der Waals surface area (Å²) in [5.74, 6) is 0.527. The van der Waals surface area contributed by atoms with Crippen LogP contribution in [-0.4, -0.2) is 25.6 Å². The zero-order valence-corrected chi connectivity index (χ0v) is 12.7. The van der Waals surface area contributed by atoms with Crippen molar-refractivity contribution >= 4 is 5.91 Å². The van der Waals surface area contributed by atoms with Crippen molar-refractivity contribution in [3.8, 4) is 5.75 Å². The highest BCUT2D eigenvalue weighted by Crippen LogP contribution is 2.31. The Morgan fingerprint density at radius 1 is 1.26 bits per heavy atom. The molecule has 1 aliphatic rings. The minimum atomic E-state index is -4.35. The molecule has 23 heavy (non-hydrogen) atoms. The molecular weight excluding hydrogens is 309 g/mol. The van der Waals surface area contributed by atoms with E-state index >= 15 is 0 Å². The molecule has 1 aromatic rings. The molecule has 0 unspecified atom stereocenters. The standard InChI is InChI=1S/C16H21F3N2O2/c17-16(18,19)12-4-6-13(7-5-12)23-9-8-21-15(22)14-3-1-2-11(14)10-20/h4-7,11,14H,1-3,8-10,20H2,(H,21,22)/t11-,14-/m1/s1. The number of nitrogens with one attached hydrogen (secondary N) is 1. The lowest BCUT2D eigenvalue weighted by atomic mass is 9.95. The van der Waals surface area contributed by atoms with Gasteiger partial charge in [-0.2, -0.15) is 13.2 Å². The molecule has 128 valence electrons. The van der Waals surface area contributed by atoms with E-state index < -0.39 is 11.7 Å². The van der Waals surface area contributed by atoms with Gasteiger partial charge in [0.2, 0.25) is 5.91 Å². The third-order valence-electron chi connectivity index (χ3n) is 4.15. The zero-order chi connectivity index (χ0) is 16.9. The lowest BCUT2D eigenvalue weighted by Gasteiger charge is -2.17. The summed E-state index contributed by atoms with van der Waals surface area (Å²) in [6, 6.07) is 4.48. The van der Waals surface area contributed by atoms with Crippen LogP contribution in [0.15, 0.2) is 24.3 Å². The van der Waals surface area contributed by atoms with Crippen molar-refractivity contribution in [1.29, 1.82) is 0 Å². The van der Waals surface area contributed by atoms with Crippen LogP contribution in [0.3, 0.4) is 0 Å². The predicted octanol–water partition coefficient (Wildman–Crippen LogP) is 2.58. The van der Waals surface area contributed by atoms with Crippen LogP contribution in [0.2, 0.25) is 0 Å². The smallest absolute Gasteiger partial charge is 0.416 e. The van der Waals surface area contributed by atoms with Crippen molar-refractivity contribution in [2.75, 3.05) is 19.7 Å². The fourth-order valence-electron chi connectivity index (χ4n) is 2.88. The average molecular weight is 330 g/mol. The zero-order valence-electron chi connectivity index (χ0n) is 12.7. The third kappa shape index (κ3) is 4.86. The second-order valence-corrected chi connectivity index (χ2v) is 5.69. The number of alkyl halides is 3. The Hall–Kier alpha value is -1.76. The summed E-state index contributed by atoms with van der Waals surface area (Å²) in [6.45, 7) is 1.03. The van der Waals surface area contributed by atoms with Gasteiger partial charge < -0.3 is 15.8 Å². The van der Waals surface area contributed by atoms with E-state index in [0.717, 1.165) is 31.4 Å². The quantitative estimate of drug-likeness (QED) is 0.788. The molecule has 0 spiro atoms. The van der Waals surface area contributed by atoms with E-state index in [4.69, 9.17) is 10.5 Å². The second kappa shape index (κ2) is 7.68. The first-order valence-electron chi connectivity index (χ1n) is 7.69. The Morgan fingerprint density at radius 3 is 2.57 bits per heavy atom. The Labute approximate surface area is 133 Å². The number of hydrogen-bond donors (Lipinski definition) is 2. The molecule has 3 N–H and O–H groups in total. The normalized spacial score (nSPS) is 21.2. The van der Waals surface area contributed by atoms with Crippen LogP contribution in [0, 0.1) is 11.8 Å². The SMILES string of the molecule is NC[C@H]1CCC[C@H]1C(=O)NCCOc1ccc(C(F)(F)F)cc1. The molecule has 1 aromatic carbocycles. The van der Waals surface area contributed by atoms with E-state index in [2.05, 4.69) is 5.32 Å². The lowest BCUT2D eigenvalue weighted by molar-refractivity contribution is -0.137. The molecule has 1 saturated carbocycles. The fraction of sp³-hybridized carbons (Fsp3) is 0.562. The summed E-state index contributed by atoms with van der Waals surface area (Å²) in [5.41, 5.74) is 4.94. The largest absolute Gasteiger partial charge is 0.492 e. The number of carbonyl (C=O) groups is 1. The van der Waals surface area contributed by atoms with Gasteiger partial charge >= 0.3 is 6.18 Å². The molecule has 1 aliphatic carbocycles. The van der Waals surface area contributed by atoms with Crippen LogP contribution < -0.4 is 15.8 Å². The number of ether oxygens (including phenoxy) is 1. The maximum atomic E-state index is 12.4. The van der Waals surface area contributed by atoms with Crippen LogP contribution >= 0.6 is 0 Å². The summed E-state index contributed by atoms with van der Waals surface area (Å²) in [7, 11) is 0. The summed E-state index contributed by atoms with van der Waals surface area (Å²) < 4.78 is 42.6. The Bertz CT molecular complexity index is 517. The summed E-state index contributed by atoms with van der Waals surface area (Å²) in [5, 5.41) is 2.80. The first-order valence-corrected chi connectivity index (χ1v) is 7.69. The minimum Gasteiger partial charge on any atom is -0.492 e. The van der Waals surface area contributed by atoms with E-state index in [1.807, 2.05) is 0 Å². The summed E-state index contributed by atoms with van der Waals surface area (Å²) in [4.78, 5) is 12.0. The van der Waals surface area contributed by atoms with E-state index in [9.17, 15) is 18.0 Å². The second-order valence-electron chi connectivity index (χ2n) is 5.69. The van der Waals surface area contributed by atoms with E-state index in [1.54, 1.807) is 0 Å². The highest BCUT2D eigenvalue weighted by Gasteiger charge is 2.31. The topological polar surface area (TPSA) is 64.4 Å². The third-order valence-corrected chi connectivity index (χ3v) is 4.15. The number of nitrogens with two attached hydrogens (primary N) is 1. The van der Waals surface area contributed by atoms with Gasteiger partial charge in [0.1, 0.15) is 12.4 Å². The molecule has 1 amide bonds. The van der Waals surface area contributed by atoms with Crippen molar-refractivity contribution in [2.45, 2.75) is 25.4 Å². The first-order chi connectivity index (χ1) is 10.9.